The molecule has 1 saturated heterocycles. The molecule has 0 radical (unpaired) electrons. The van der Waals surface area contributed by atoms with Crippen LogP contribution in [0.3, 0.4) is 0 Å². The fourth-order valence-electron chi connectivity index (χ4n) is 3.04. The Morgan fingerprint density at radius 1 is 1.21 bits per heavy atom. The molecule has 1 aliphatic rings. The third kappa shape index (κ3) is 5.16. The predicted octanol–water partition coefficient (Wildman–Crippen LogP) is 4.52. The Balaban J connectivity index is 1.61. The van der Waals surface area contributed by atoms with E-state index in [-0.39, 0.29) is 41.5 Å². The van der Waals surface area contributed by atoms with Gasteiger partial charge in [0, 0.05) is 43.3 Å². The van der Waals surface area contributed by atoms with Gasteiger partial charge in [0.2, 0.25) is 0 Å². The average molecular weight is 432 g/mol. The fraction of sp³-hybridized carbons (Fsp3) is 0.368. The molecular formula is C19H18ClF4N3O2. The molecular weight excluding hydrogens is 414 g/mol. The first-order valence-electron chi connectivity index (χ1n) is 8.80. The summed E-state index contributed by atoms with van der Waals surface area (Å²) < 4.78 is 58.3. The number of alkyl halides is 3. The summed E-state index contributed by atoms with van der Waals surface area (Å²) in [7, 11) is 0. The molecule has 0 atom stereocenters. The topological polar surface area (TPSA) is 45.7 Å². The molecule has 1 aliphatic heterocycles. The maximum Gasteiger partial charge on any atom is 0.416 e. The van der Waals surface area contributed by atoms with Crippen LogP contribution in [0.2, 0.25) is 5.02 Å². The zero-order valence-corrected chi connectivity index (χ0v) is 16.2. The number of ether oxygens (including phenoxy) is 1. The third-order valence-electron chi connectivity index (χ3n) is 4.70. The summed E-state index contributed by atoms with van der Waals surface area (Å²) in [4.78, 5) is 19.2. The van der Waals surface area contributed by atoms with Gasteiger partial charge in [0.15, 0.2) is 5.75 Å². The van der Waals surface area contributed by atoms with E-state index in [0.29, 0.717) is 13.1 Å². The number of aromatic nitrogens is 1. The number of piperazine rings is 1. The minimum absolute atomic E-state index is 0.0335. The molecule has 1 amide bonds. The van der Waals surface area contributed by atoms with E-state index in [4.69, 9.17) is 16.3 Å². The molecule has 0 saturated carbocycles. The zero-order chi connectivity index (χ0) is 21.2. The van der Waals surface area contributed by atoms with E-state index in [1.54, 1.807) is 4.90 Å². The highest BCUT2D eigenvalue weighted by atomic mass is 35.5. The summed E-state index contributed by atoms with van der Waals surface area (Å²) in [5.41, 5.74) is -0.465. The van der Waals surface area contributed by atoms with Gasteiger partial charge < -0.3 is 9.64 Å². The minimum atomic E-state index is -4.47. The van der Waals surface area contributed by atoms with Crippen molar-refractivity contribution in [3.05, 3.63) is 58.1 Å². The first-order chi connectivity index (χ1) is 13.6. The summed E-state index contributed by atoms with van der Waals surface area (Å²) in [5.74, 6) is -0.548. The van der Waals surface area contributed by atoms with Crippen molar-refractivity contribution in [2.24, 2.45) is 0 Å². The van der Waals surface area contributed by atoms with Gasteiger partial charge in [0.25, 0.3) is 0 Å². The van der Waals surface area contributed by atoms with Crippen LogP contribution in [0.4, 0.5) is 22.4 Å². The molecule has 5 nitrogen and oxygen atoms in total. The number of carbonyl (C=O) groups is 1. The van der Waals surface area contributed by atoms with Crippen LogP contribution < -0.4 is 4.74 Å². The van der Waals surface area contributed by atoms with E-state index in [2.05, 4.69) is 4.98 Å². The van der Waals surface area contributed by atoms with Gasteiger partial charge >= 0.3 is 12.3 Å². The minimum Gasteiger partial charge on any atom is -0.408 e. The molecule has 1 aromatic heterocycles. The van der Waals surface area contributed by atoms with Crippen LogP contribution in [0.1, 0.15) is 16.7 Å². The standard InChI is InChI=1S/C19H18ClF4N3O2/c1-12-16(21)9-25-10-17(12)29-18(28)27-6-4-26(5-7-27)11-13-8-14(20)2-3-15(13)19(22,23)24/h2-3,8-10H,4-7,11H2,1H3. The molecule has 2 aromatic rings. The molecule has 0 N–H and O–H groups in total. The Labute approximate surface area is 169 Å². The van der Waals surface area contributed by atoms with Gasteiger partial charge in [0.1, 0.15) is 5.82 Å². The summed E-state index contributed by atoms with van der Waals surface area (Å²) in [6, 6.07) is 3.50. The van der Waals surface area contributed by atoms with Crippen LogP contribution in [0.25, 0.3) is 0 Å². The lowest BCUT2D eigenvalue weighted by Gasteiger charge is -2.34. The maximum absolute atomic E-state index is 13.5. The number of halogens is 5. The van der Waals surface area contributed by atoms with Crippen LogP contribution >= 0.6 is 11.6 Å². The molecule has 0 aliphatic carbocycles. The van der Waals surface area contributed by atoms with Gasteiger partial charge in [-0.2, -0.15) is 13.2 Å². The second-order valence-electron chi connectivity index (χ2n) is 6.67. The SMILES string of the molecule is Cc1c(F)cncc1OC(=O)N1CCN(Cc2cc(Cl)ccc2C(F)(F)F)CC1. The Hall–Kier alpha value is -2.39. The molecule has 0 spiro atoms. The molecule has 0 unspecified atom stereocenters. The molecule has 29 heavy (non-hydrogen) atoms. The second-order valence-corrected chi connectivity index (χ2v) is 7.11. The number of amides is 1. The van der Waals surface area contributed by atoms with E-state index < -0.39 is 23.7 Å². The molecule has 156 valence electrons. The average Bonchev–Trinajstić information content (AvgIpc) is 2.65. The van der Waals surface area contributed by atoms with Gasteiger partial charge in [-0.25, -0.2) is 9.18 Å². The first-order valence-corrected chi connectivity index (χ1v) is 9.18. The molecule has 3 rings (SSSR count). The summed E-state index contributed by atoms with van der Waals surface area (Å²) >= 11 is 5.86. The summed E-state index contributed by atoms with van der Waals surface area (Å²) in [5, 5.41) is 0.231. The highest BCUT2D eigenvalue weighted by Crippen LogP contribution is 2.34. The second kappa shape index (κ2) is 8.54. The molecule has 1 fully saturated rings. The molecule has 0 bridgehead atoms. The molecule has 1 aromatic carbocycles. The molecule has 2 heterocycles. The fourth-order valence-corrected chi connectivity index (χ4v) is 3.24. The van der Waals surface area contributed by atoms with Crippen molar-refractivity contribution < 1.29 is 27.1 Å². The zero-order valence-electron chi connectivity index (χ0n) is 15.5. The van der Waals surface area contributed by atoms with Crippen LogP contribution in [0, 0.1) is 12.7 Å². The Bertz CT molecular complexity index is 900. The maximum atomic E-state index is 13.5. The van der Waals surface area contributed by atoms with Gasteiger partial charge in [-0.3, -0.25) is 9.88 Å². The Morgan fingerprint density at radius 2 is 1.90 bits per heavy atom. The lowest BCUT2D eigenvalue weighted by atomic mass is 10.1. The van der Waals surface area contributed by atoms with E-state index in [9.17, 15) is 22.4 Å². The Kier molecular flexibility index (Phi) is 6.28. The number of rotatable bonds is 3. The van der Waals surface area contributed by atoms with Crippen molar-refractivity contribution >= 4 is 17.7 Å². The van der Waals surface area contributed by atoms with Crippen LogP contribution in [0.5, 0.6) is 5.75 Å². The summed E-state index contributed by atoms with van der Waals surface area (Å²) in [6.07, 6.45) is -2.85. The number of pyridine rings is 1. The van der Waals surface area contributed by atoms with E-state index >= 15 is 0 Å². The number of carbonyl (C=O) groups excluding carboxylic acids is 1. The van der Waals surface area contributed by atoms with Crippen molar-refractivity contribution in [1.29, 1.82) is 0 Å². The van der Waals surface area contributed by atoms with Gasteiger partial charge in [-0.15, -0.1) is 0 Å². The molecule has 10 heteroatoms. The van der Waals surface area contributed by atoms with E-state index in [0.717, 1.165) is 12.3 Å². The van der Waals surface area contributed by atoms with E-state index in [1.165, 1.54) is 30.2 Å². The normalized spacial score (nSPS) is 15.4. The van der Waals surface area contributed by atoms with Crippen molar-refractivity contribution in [2.75, 3.05) is 26.2 Å². The highest BCUT2D eigenvalue weighted by Gasteiger charge is 2.34. The lowest BCUT2D eigenvalue weighted by Crippen LogP contribution is -2.49. The third-order valence-corrected chi connectivity index (χ3v) is 4.94. The van der Waals surface area contributed by atoms with Crippen molar-refractivity contribution in [3.8, 4) is 5.75 Å². The lowest BCUT2D eigenvalue weighted by molar-refractivity contribution is -0.138. The number of nitrogens with zero attached hydrogens (tertiary/aromatic N) is 3. The van der Waals surface area contributed by atoms with Gasteiger partial charge in [-0.1, -0.05) is 11.6 Å². The predicted molar refractivity (Wildman–Crippen MR) is 98.3 cm³/mol. The van der Waals surface area contributed by atoms with Crippen LogP contribution in [-0.4, -0.2) is 47.1 Å². The first kappa shape index (κ1) is 21.3. The van der Waals surface area contributed by atoms with Crippen molar-refractivity contribution in [1.82, 2.24) is 14.8 Å². The van der Waals surface area contributed by atoms with E-state index in [1.807, 2.05) is 0 Å². The monoisotopic (exact) mass is 431 g/mol. The summed E-state index contributed by atoms with van der Waals surface area (Å²) in [6.45, 7) is 2.79. The van der Waals surface area contributed by atoms with Crippen LogP contribution in [0.15, 0.2) is 30.6 Å². The van der Waals surface area contributed by atoms with Gasteiger partial charge in [0.05, 0.1) is 18.0 Å². The number of benzene rings is 1. The van der Waals surface area contributed by atoms with Crippen molar-refractivity contribution in [2.45, 2.75) is 19.6 Å². The highest BCUT2D eigenvalue weighted by molar-refractivity contribution is 6.30. The van der Waals surface area contributed by atoms with Crippen LogP contribution in [-0.2, 0) is 12.7 Å². The quantitative estimate of drug-likeness (QED) is 0.670. The largest absolute Gasteiger partial charge is 0.416 e. The number of hydrogen-bond acceptors (Lipinski definition) is 4. The number of hydrogen-bond donors (Lipinski definition) is 0. The van der Waals surface area contributed by atoms with Gasteiger partial charge in [-0.05, 0) is 30.7 Å². The Morgan fingerprint density at radius 3 is 2.55 bits per heavy atom. The van der Waals surface area contributed by atoms with Crippen molar-refractivity contribution in [3.63, 3.8) is 0 Å². The smallest absolute Gasteiger partial charge is 0.408 e.